The van der Waals surface area contributed by atoms with E-state index in [1.807, 2.05) is 20.8 Å². The average molecular weight is 319 g/mol. The van der Waals surface area contributed by atoms with Crippen LogP contribution in [0.5, 0.6) is 5.75 Å². The fourth-order valence-corrected chi connectivity index (χ4v) is 2.22. The van der Waals surface area contributed by atoms with E-state index in [1.165, 1.54) is 13.2 Å². The molecule has 0 aliphatic rings. The zero-order chi connectivity index (χ0) is 17.0. The Morgan fingerprint density at radius 3 is 2.70 bits per heavy atom. The number of methoxy groups -OCH3 is 1. The molecule has 2 aromatic rings. The number of hydrogen-bond donors (Lipinski definition) is 1. The van der Waals surface area contributed by atoms with E-state index in [-0.39, 0.29) is 17.6 Å². The Morgan fingerprint density at radius 1 is 1.39 bits per heavy atom. The fourth-order valence-electron chi connectivity index (χ4n) is 2.22. The Morgan fingerprint density at radius 2 is 2.13 bits per heavy atom. The van der Waals surface area contributed by atoms with E-state index in [9.17, 15) is 9.18 Å². The molecule has 0 bridgehead atoms. The van der Waals surface area contributed by atoms with Gasteiger partial charge in [-0.1, -0.05) is 6.92 Å². The monoisotopic (exact) mass is 319 g/mol. The Balaban J connectivity index is 2.38. The second-order valence-electron chi connectivity index (χ2n) is 5.36. The van der Waals surface area contributed by atoms with Crippen LogP contribution in [0.4, 0.5) is 4.39 Å². The van der Waals surface area contributed by atoms with Crippen LogP contribution >= 0.6 is 0 Å². The number of nitrogens with one attached hydrogen (secondary N) is 1. The maximum atomic E-state index is 14.3. The SMILES string of the molecule is CCC(C)NC(=O)c1cc(-c2ccc(OC)cc2F)n(CC)n1. The number of carbonyl (C=O) groups is 1. The maximum Gasteiger partial charge on any atom is 0.272 e. The minimum Gasteiger partial charge on any atom is -0.497 e. The number of aryl methyl sites for hydroxylation is 1. The van der Waals surface area contributed by atoms with Gasteiger partial charge in [-0.25, -0.2) is 4.39 Å². The van der Waals surface area contributed by atoms with Crippen LogP contribution in [0.2, 0.25) is 0 Å². The van der Waals surface area contributed by atoms with Gasteiger partial charge >= 0.3 is 0 Å². The van der Waals surface area contributed by atoms with Crippen molar-refractivity contribution in [3.63, 3.8) is 0 Å². The first kappa shape index (κ1) is 17.0. The molecular formula is C17H22FN3O2. The summed E-state index contributed by atoms with van der Waals surface area (Å²) >= 11 is 0. The lowest BCUT2D eigenvalue weighted by Crippen LogP contribution is -2.32. The van der Waals surface area contributed by atoms with Crippen molar-refractivity contribution in [2.75, 3.05) is 7.11 Å². The number of rotatable bonds is 6. The van der Waals surface area contributed by atoms with Crippen molar-refractivity contribution in [1.29, 1.82) is 0 Å². The molecule has 124 valence electrons. The van der Waals surface area contributed by atoms with Crippen LogP contribution in [0.15, 0.2) is 24.3 Å². The molecule has 1 unspecified atom stereocenters. The van der Waals surface area contributed by atoms with Crippen molar-refractivity contribution in [3.05, 3.63) is 35.8 Å². The largest absolute Gasteiger partial charge is 0.497 e. The molecule has 1 heterocycles. The molecular weight excluding hydrogens is 297 g/mol. The van der Waals surface area contributed by atoms with Crippen molar-refractivity contribution < 1.29 is 13.9 Å². The highest BCUT2D eigenvalue weighted by Crippen LogP contribution is 2.27. The smallest absolute Gasteiger partial charge is 0.272 e. The summed E-state index contributed by atoms with van der Waals surface area (Å²) < 4.78 is 20.9. The van der Waals surface area contributed by atoms with Gasteiger partial charge in [0.25, 0.3) is 5.91 Å². The summed E-state index contributed by atoms with van der Waals surface area (Å²) in [5, 5.41) is 7.15. The number of carbonyl (C=O) groups excluding carboxylic acids is 1. The molecule has 1 atom stereocenters. The maximum absolute atomic E-state index is 14.3. The molecule has 0 aliphatic heterocycles. The van der Waals surface area contributed by atoms with Crippen LogP contribution in [0, 0.1) is 5.82 Å². The molecule has 1 amide bonds. The first-order valence-corrected chi connectivity index (χ1v) is 7.72. The van der Waals surface area contributed by atoms with E-state index in [2.05, 4.69) is 10.4 Å². The average Bonchev–Trinajstić information content (AvgIpc) is 2.98. The molecule has 0 fully saturated rings. The van der Waals surface area contributed by atoms with Gasteiger partial charge in [-0.3, -0.25) is 9.48 Å². The third-order valence-corrected chi connectivity index (χ3v) is 3.75. The summed E-state index contributed by atoms with van der Waals surface area (Å²) in [5.74, 6) is -0.210. The lowest BCUT2D eigenvalue weighted by Gasteiger charge is -2.09. The standard InChI is InChI=1S/C17H22FN3O2/c1-5-11(3)19-17(22)15-10-16(21(6-2)20-15)13-8-7-12(23-4)9-14(13)18/h7-11H,5-6H2,1-4H3,(H,19,22). The molecule has 0 aliphatic carbocycles. The molecule has 6 heteroatoms. The van der Waals surface area contributed by atoms with Gasteiger partial charge in [0.1, 0.15) is 11.6 Å². The quantitative estimate of drug-likeness (QED) is 0.889. The molecule has 2 rings (SSSR count). The number of ether oxygens (including phenoxy) is 1. The normalized spacial score (nSPS) is 12.0. The number of aromatic nitrogens is 2. The van der Waals surface area contributed by atoms with Gasteiger partial charge in [-0.2, -0.15) is 5.10 Å². The van der Waals surface area contributed by atoms with Crippen molar-refractivity contribution in [2.45, 2.75) is 39.8 Å². The third-order valence-electron chi connectivity index (χ3n) is 3.75. The van der Waals surface area contributed by atoms with E-state index < -0.39 is 5.82 Å². The van der Waals surface area contributed by atoms with Crippen molar-refractivity contribution >= 4 is 5.91 Å². The minimum absolute atomic E-state index is 0.0652. The highest BCUT2D eigenvalue weighted by atomic mass is 19.1. The van der Waals surface area contributed by atoms with Crippen LogP contribution in [0.3, 0.4) is 0 Å². The number of hydrogen-bond acceptors (Lipinski definition) is 3. The van der Waals surface area contributed by atoms with E-state index in [0.29, 0.717) is 23.6 Å². The van der Waals surface area contributed by atoms with Crippen molar-refractivity contribution in [2.24, 2.45) is 0 Å². The molecule has 1 N–H and O–H groups in total. The Kier molecular flexibility index (Phi) is 5.36. The molecule has 1 aromatic carbocycles. The summed E-state index contributed by atoms with van der Waals surface area (Å²) in [6.45, 7) is 6.36. The van der Waals surface area contributed by atoms with Gasteiger partial charge in [0, 0.05) is 24.2 Å². The fraction of sp³-hybridized carbons (Fsp3) is 0.412. The van der Waals surface area contributed by atoms with E-state index in [4.69, 9.17) is 4.74 Å². The number of amides is 1. The highest BCUT2D eigenvalue weighted by molar-refractivity contribution is 5.93. The summed E-state index contributed by atoms with van der Waals surface area (Å²) in [6.07, 6.45) is 0.834. The number of benzene rings is 1. The summed E-state index contributed by atoms with van der Waals surface area (Å²) in [7, 11) is 1.49. The van der Waals surface area contributed by atoms with Gasteiger partial charge in [-0.15, -0.1) is 0 Å². The van der Waals surface area contributed by atoms with E-state index in [1.54, 1.807) is 22.9 Å². The zero-order valence-corrected chi connectivity index (χ0v) is 13.9. The molecule has 5 nitrogen and oxygen atoms in total. The second kappa shape index (κ2) is 7.26. The predicted octanol–water partition coefficient (Wildman–Crippen LogP) is 3.25. The molecule has 23 heavy (non-hydrogen) atoms. The van der Waals surface area contributed by atoms with Crippen molar-refractivity contribution in [3.8, 4) is 17.0 Å². The first-order chi connectivity index (χ1) is 11.0. The molecule has 0 radical (unpaired) electrons. The highest BCUT2D eigenvalue weighted by Gasteiger charge is 2.18. The topological polar surface area (TPSA) is 56.1 Å². The molecule has 0 spiro atoms. The van der Waals surface area contributed by atoms with Crippen LogP contribution in [0.25, 0.3) is 11.3 Å². The zero-order valence-electron chi connectivity index (χ0n) is 13.9. The molecule has 0 saturated carbocycles. The molecule has 1 aromatic heterocycles. The lowest BCUT2D eigenvalue weighted by atomic mass is 10.1. The number of halogens is 1. The van der Waals surface area contributed by atoms with Gasteiger partial charge in [0.05, 0.1) is 12.8 Å². The number of nitrogens with zero attached hydrogens (tertiary/aromatic N) is 2. The van der Waals surface area contributed by atoms with Crippen molar-refractivity contribution in [1.82, 2.24) is 15.1 Å². The summed E-state index contributed by atoms with van der Waals surface area (Å²) in [6, 6.07) is 6.32. The van der Waals surface area contributed by atoms with Crippen LogP contribution < -0.4 is 10.1 Å². The predicted molar refractivity (Wildman–Crippen MR) is 87.1 cm³/mol. The van der Waals surface area contributed by atoms with E-state index >= 15 is 0 Å². The van der Waals surface area contributed by atoms with Gasteiger partial charge in [0.15, 0.2) is 5.69 Å². The van der Waals surface area contributed by atoms with Crippen LogP contribution in [0.1, 0.15) is 37.7 Å². The molecule has 0 saturated heterocycles. The van der Waals surface area contributed by atoms with E-state index in [0.717, 1.165) is 6.42 Å². The summed E-state index contributed by atoms with van der Waals surface area (Å²) in [5.41, 5.74) is 1.25. The third kappa shape index (κ3) is 3.70. The van der Waals surface area contributed by atoms with Gasteiger partial charge in [0.2, 0.25) is 0 Å². The minimum atomic E-state index is -0.409. The Bertz CT molecular complexity index is 697. The Hall–Kier alpha value is -2.37. The first-order valence-electron chi connectivity index (χ1n) is 7.72. The summed E-state index contributed by atoms with van der Waals surface area (Å²) in [4.78, 5) is 12.2. The van der Waals surface area contributed by atoms with Crippen LogP contribution in [-0.2, 0) is 6.54 Å². The van der Waals surface area contributed by atoms with Gasteiger partial charge < -0.3 is 10.1 Å². The Labute approximate surface area is 135 Å². The van der Waals surface area contributed by atoms with Gasteiger partial charge in [-0.05, 0) is 38.5 Å². The second-order valence-corrected chi connectivity index (χ2v) is 5.36. The lowest BCUT2D eigenvalue weighted by molar-refractivity contribution is 0.0933. The van der Waals surface area contributed by atoms with Crippen LogP contribution in [-0.4, -0.2) is 28.8 Å².